The van der Waals surface area contributed by atoms with E-state index in [-0.39, 0.29) is 18.9 Å². The summed E-state index contributed by atoms with van der Waals surface area (Å²) in [6, 6.07) is 0. The van der Waals surface area contributed by atoms with Crippen molar-refractivity contribution >= 4 is 17.8 Å². The Kier molecular flexibility index (Phi) is 4.93. The molecule has 1 N–H and O–H groups in total. The lowest BCUT2D eigenvalue weighted by Gasteiger charge is -2.17. The lowest BCUT2D eigenvalue weighted by Crippen LogP contribution is -2.35. The fourth-order valence-corrected chi connectivity index (χ4v) is 1.78. The lowest BCUT2D eigenvalue weighted by atomic mass is 10.1. The molecule has 0 aromatic heterocycles. The normalized spacial score (nSPS) is 16.6. The minimum absolute atomic E-state index is 0.112. The van der Waals surface area contributed by atoms with Gasteiger partial charge in [0.05, 0.1) is 13.0 Å². The summed E-state index contributed by atoms with van der Waals surface area (Å²) in [5, 5.41) is 8.89. The maximum atomic E-state index is 11.7. The van der Waals surface area contributed by atoms with Crippen LogP contribution in [-0.2, 0) is 19.1 Å². The Morgan fingerprint density at radius 3 is 2.35 bits per heavy atom. The molecular weight excluding hydrogens is 226 g/mol. The van der Waals surface area contributed by atoms with Gasteiger partial charge in [0, 0.05) is 13.1 Å². The molecule has 0 aliphatic carbocycles. The quantitative estimate of drug-likeness (QED) is 0.553. The average Bonchev–Trinajstić information content (AvgIpc) is 2.78. The predicted octanol–water partition coefficient (Wildman–Crippen LogP) is 0.263. The molecule has 1 rings (SSSR count). The van der Waals surface area contributed by atoms with Crippen LogP contribution in [0.1, 0.15) is 26.2 Å². The summed E-state index contributed by atoms with van der Waals surface area (Å²) in [6.45, 7) is 3.00. The van der Waals surface area contributed by atoms with Crippen LogP contribution < -0.4 is 0 Å². The number of likely N-dealkylation sites (tertiary alicyclic amines) is 1. The van der Waals surface area contributed by atoms with Crippen LogP contribution >= 0.6 is 0 Å². The molecular formula is C11H17NO5. The van der Waals surface area contributed by atoms with E-state index < -0.39 is 17.9 Å². The van der Waals surface area contributed by atoms with Gasteiger partial charge in [-0.15, -0.1) is 0 Å². The zero-order valence-corrected chi connectivity index (χ0v) is 9.85. The van der Waals surface area contributed by atoms with Crippen molar-refractivity contribution in [3.8, 4) is 0 Å². The molecule has 1 atom stereocenters. The fourth-order valence-electron chi connectivity index (χ4n) is 1.78. The number of carboxylic acid groups (broad SMARTS) is 1. The van der Waals surface area contributed by atoms with Crippen LogP contribution in [0.3, 0.4) is 0 Å². The number of hydrogen-bond acceptors (Lipinski definition) is 4. The molecule has 17 heavy (non-hydrogen) atoms. The first-order chi connectivity index (χ1) is 8.06. The molecule has 0 aromatic carbocycles. The molecule has 6 heteroatoms. The summed E-state index contributed by atoms with van der Waals surface area (Å²) < 4.78 is 4.64. The molecule has 0 radical (unpaired) electrons. The summed E-state index contributed by atoms with van der Waals surface area (Å²) in [5.41, 5.74) is 0. The molecule has 0 bridgehead atoms. The van der Waals surface area contributed by atoms with Crippen LogP contribution in [-0.4, -0.2) is 47.5 Å². The first kappa shape index (κ1) is 13.5. The molecule has 1 saturated heterocycles. The minimum Gasteiger partial charge on any atom is -0.481 e. The first-order valence-corrected chi connectivity index (χ1v) is 5.73. The van der Waals surface area contributed by atoms with Crippen molar-refractivity contribution in [2.24, 2.45) is 5.92 Å². The second-order valence-corrected chi connectivity index (χ2v) is 3.93. The summed E-state index contributed by atoms with van der Waals surface area (Å²) >= 11 is 0. The third-order valence-electron chi connectivity index (χ3n) is 2.71. The van der Waals surface area contributed by atoms with Crippen LogP contribution in [0.5, 0.6) is 0 Å². The fraction of sp³-hybridized carbons (Fsp3) is 0.727. The molecule has 0 aromatic rings. The van der Waals surface area contributed by atoms with Gasteiger partial charge in [-0.25, -0.2) is 0 Å². The monoisotopic (exact) mass is 243 g/mol. The van der Waals surface area contributed by atoms with Gasteiger partial charge in [-0.2, -0.15) is 0 Å². The molecule has 1 heterocycles. The second-order valence-electron chi connectivity index (χ2n) is 3.93. The smallest absolute Gasteiger partial charge is 0.320 e. The molecule has 1 aliphatic heterocycles. The lowest BCUT2D eigenvalue weighted by molar-refractivity contribution is -0.161. The predicted molar refractivity (Wildman–Crippen MR) is 58.2 cm³/mol. The highest BCUT2D eigenvalue weighted by Crippen LogP contribution is 2.14. The van der Waals surface area contributed by atoms with Crippen LogP contribution in [0.15, 0.2) is 0 Å². The SMILES string of the molecule is CCOC(=O)C(CC(=O)N1CCCC1)C(=O)O. The van der Waals surface area contributed by atoms with E-state index in [1.54, 1.807) is 11.8 Å². The number of carbonyl (C=O) groups excluding carboxylic acids is 2. The van der Waals surface area contributed by atoms with Gasteiger partial charge in [0.25, 0.3) is 0 Å². The van der Waals surface area contributed by atoms with Gasteiger partial charge in [-0.1, -0.05) is 0 Å². The van der Waals surface area contributed by atoms with Gasteiger partial charge in [0.1, 0.15) is 0 Å². The molecule has 0 saturated carbocycles. The van der Waals surface area contributed by atoms with Crippen molar-refractivity contribution in [1.82, 2.24) is 4.90 Å². The second kappa shape index (κ2) is 6.22. The Bertz CT molecular complexity index is 309. The zero-order valence-electron chi connectivity index (χ0n) is 9.85. The van der Waals surface area contributed by atoms with E-state index in [9.17, 15) is 14.4 Å². The Labute approximate surface area is 99.5 Å². The molecule has 1 unspecified atom stereocenters. The van der Waals surface area contributed by atoms with E-state index in [4.69, 9.17) is 5.11 Å². The maximum absolute atomic E-state index is 11.7. The number of carbonyl (C=O) groups is 3. The zero-order chi connectivity index (χ0) is 12.8. The third-order valence-corrected chi connectivity index (χ3v) is 2.71. The van der Waals surface area contributed by atoms with Gasteiger partial charge < -0.3 is 14.7 Å². The number of hydrogen-bond donors (Lipinski definition) is 1. The Hall–Kier alpha value is -1.59. The molecule has 1 aliphatic rings. The summed E-state index contributed by atoms with van der Waals surface area (Å²) in [7, 11) is 0. The van der Waals surface area contributed by atoms with Gasteiger partial charge in [0.15, 0.2) is 5.92 Å². The van der Waals surface area contributed by atoms with Crippen LogP contribution in [0.2, 0.25) is 0 Å². The van der Waals surface area contributed by atoms with Crippen molar-refractivity contribution < 1.29 is 24.2 Å². The average molecular weight is 243 g/mol. The Balaban J connectivity index is 2.56. The summed E-state index contributed by atoms with van der Waals surface area (Å²) in [4.78, 5) is 35.6. The van der Waals surface area contributed by atoms with Crippen LogP contribution in [0.25, 0.3) is 0 Å². The maximum Gasteiger partial charge on any atom is 0.320 e. The van der Waals surface area contributed by atoms with E-state index in [0.717, 1.165) is 12.8 Å². The van der Waals surface area contributed by atoms with Gasteiger partial charge in [0.2, 0.25) is 5.91 Å². The molecule has 6 nitrogen and oxygen atoms in total. The summed E-state index contributed by atoms with van der Waals surface area (Å²) in [5.74, 6) is -3.82. The van der Waals surface area contributed by atoms with E-state index in [0.29, 0.717) is 13.1 Å². The molecule has 1 amide bonds. The Morgan fingerprint density at radius 1 is 1.29 bits per heavy atom. The van der Waals surface area contributed by atoms with Gasteiger partial charge in [-0.05, 0) is 19.8 Å². The van der Waals surface area contributed by atoms with Crippen molar-refractivity contribution in [2.75, 3.05) is 19.7 Å². The van der Waals surface area contributed by atoms with Crippen molar-refractivity contribution in [3.63, 3.8) is 0 Å². The topological polar surface area (TPSA) is 83.9 Å². The van der Waals surface area contributed by atoms with E-state index in [1.165, 1.54) is 0 Å². The van der Waals surface area contributed by atoms with E-state index in [1.807, 2.05) is 0 Å². The number of ether oxygens (including phenoxy) is 1. The molecule has 1 fully saturated rings. The van der Waals surface area contributed by atoms with Crippen molar-refractivity contribution in [3.05, 3.63) is 0 Å². The van der Waals surface area contributed by atoms with Crippen molar-refractivity contribution in [2.45, 2.75) is 26.2 Å². The first-order valence-electron chi connectivity index (χ1n) is 5.73. The number of aliphatic carboxylic acids is 1. The molecule has 0 spiro atoms. The van der Waals surface area contributed by atoms with Crippen LogP contribution in [0.4, 0.5) is 0 Å². The molecule has 96 valence electrons. The highest BCUT2D eigenvalue weighted by Gasteiger charge is 2.32. The Morgan fingerprint density at radius 2 is 1.88 bits per heavy atom. The van der Waals surface area contributed by atoms with E-state index >= 15 is 0 Å². The highest BCUT2D eigenvalue weighted by molar-refractivity contribution is 5.98. The number of carboxylic acids is 1. The number of nitrogens with zero attached hydrogens (tertiary/aromatic N) is 1. The summed E-state index contributed by atoms with van der Waals surface area (Å²) in [6.07, 6.45) is 1.56. The number of rotatable bonds is 5. The van der Waals surface area contributed by atoms with E-state index in [2.05, 4.69) is 4.74 Å². The van der Waals surface area contributed by atoms with Gasteiger partial charge in [-0.3, -0.25) is 14.4 Å². The van der Waals surface area contributed by atoms with Gasteiger partial charge >= 0.3 is 11.9 Å². The van der Waals surface area contributed by atoms with Crippen molar-refractivity contribution in [1.29, 1.82) is 0 Å². The minimum atomic E-state index is -1.39. The number of amides is 1. The number of esters is 1. The standard InChI is InChI=1S/C11H17NO5/c1-2-17-11(16)8(10(14)15)7-9(13)12-5-3-4-6-12/h8H,2-7H2,1H3,(H,14,15). The third kappa shape index (κ3) is 3.72. The highest BCUT2D eigenvalue weighted by atomic mass is 16.5. The largest absolute Gasteiger partial charge is 0.481 e. The van der Waals surface area contributed by atoms with Crippen LogP contribution in [0, 0.1) is 5.92 Å².